The molecule has 0 N–H and O–H groups in total. The van der Waals surface area contributed by atoms with Crippen LogP contribution in [0.3, 0.4) is 0 Å². The molecule has 0 aliphatic carbocycles. The molecular formula is C66H48. The Morgan fingerprint density at radius 2 is 0.545 bits per heavy atom. The molecule has 0 heteroatoms. The van der Waals surface area contributed by atoms with Crippen molar-refractivity contribution in [2.75, 3.05) is 0 Å². The lowest BCUT2D eigenvalue weighted by molar-refractivity contribution is 1.54. The van der Waals surface area contributed by atoms with Gasteiger partial charge in [0.05, 0.1) is 0 Å². The van der Waals surface area contributed by atoms with Gasteiger partial charge in [0.25, 0.3) is 0 Å². The molecule has 0 heterocycles. The van der Waals surface area contributed by atoms with Gasteiger partial charge in [0.1, 0.15) is 0 Å². The van der Waals surface area contributed by atoms with Crippen LogP contribution in [0.5, 0.6) is 0 Å². The standard InChI is InChI=1S/C66H48/c1-5-15-53(16-6-1)55-39-43-59(44-40-55)64(57-19-9-3-10-20-57)47-51-31-27-49(28-32-51)35-37-62-25-13-23-61-24-14-26-63(66(61)62)38-36-50-29-33-52(34-30-50)48-65(58-21-11-4-12-22-58)60-45-41-56(42-46-60)54-17-7-2-8-18-54/h1-48H/b37-35-,38-36-,64-47-,65-48-. The first-order valence-corrected chi connectivity index (χ1v) is 22.6. The Morgan fingerprint density at radius 1 is 0.227 bits per heavy atom. The van der Waals surface area contributed by atoms with E-state index in [9.17, 15) is 0 Å². The zero-order valence-corrected chi connectivity index (χ0v) is 36.7. The lowest BCUT2D eigenvalue weighted by Gasteiger charge is -2.11. The predicted octanol–water partition coefficient (Wildman–Crippen LogP) is 17.7. The summed E-state index contributed by atoms with van der Waals surface area (Å²) in [5, 5.41) is 2.46. The summed E-state index contributed by atoms with van der Waals surface area (Å²) < 4.78 is 0. The van der Waals surface area contributed by atoms with Crippen molar-refractivity contribution in [2.24, 2.45) is 0 Å². The zero-order chi connectivity index (χ0) is 44.3. The molecule has 10 aromatic rings. The minimum atomic E-state index is 1.15. The molecule has 312 valence electrons. The van der Waals surface area contributed by atoms with E-state index in [0.717, 1.165) is 22.3 Å². The molecule has 0 aliphatic heterocycles. The van der Waals surface area contributed by atoms with Crippen LogP contribution in [0.4, 0.5) is 0 Å². The van der Waals surface area contributed by atoms with E-state index >= 15 is 0 Å². The van der Waals surface area contributed by atoms with Crippen LogP contribution >= 0.6 is 0 Å². The minimum Gasteiger partial charge on any atom is -0.0622 e. The van der Waals surface area contributed by atoms with Crippen LogP contribution in [0.15, 0.2) is 255 Å². The number of hydrogen-bond acceptors (Lipinski definition) is 0. The number of fused-ring (bicyclic) bond motifs is 1. The summed E-state index contributed by atoms with van der Waals surface area (Å²) in [7, 11) is 0. The fourth-order valence-corrected chi connectivity index (χ4v) is 8.64. The molecule has 10 aromatic carbocycles. The van der Waals surface area contributed by atoms with Crippen molar-refractivity contribution in [1.29, 1.82) is 0 Å². The molecule has 0 amide bonds. The molecule has 0 spiro atoms. The average molecular weight is 841 g/mol. The Kier molecular flexibility index (Phi) is 12.5. The summed E-state index contributed by atoms with van der Waals surface area (Å²) in [6.45, 7) is 0. The molecule has 0 aliphatic rings. The van der Waals surface area contributed by atoms with Crippen molar-refractivity contribution in [3.63, 3.8) is 0 Å². The molecule has 0 fully saturated rings. The quantitative estimate of drug-likeness (QED) is 0.108. The lowest BCUT2D eigenvalue weighted by Crippen LogP contribution is -1.89. The highest BCUT2D eigenvalue weighted by Crippen LogP contribution is 2.32. The van der Waals surface area contributed by atoms with E-state index in [2.05, 4.69) is 291 Å². The van der Waals surface area contributed by atoms with Crippen LogP contribution in [0, 0.1) is 0 Å². The van der Waals surface area contributed by atoms with Crippen molar-refractivity contribution in [1.82, 2.24) is 0 Å². The van der Waals surface area contributed by atoms with Gasteiger partial charge in [0.2, 0.25) is 0 Å². The maximum Gasteiger partial charge on any atom is -0.00389 e. The van der Waals surface area contributed by atoms with Gasteiger partial charge in [-0.1, -0.05) is 279 Å². The van der Waals surface area contributed by atoms with Gasteiger partial charge in [-0.05, 0) is 112 Å². The highest BCUT2D eigenvalue weighted by molar-refractivity contribution is 6.00. The van der Waals surface area contributed by atoms with E-state index in [0.29, 0.717) is 0 Å². The van der Waals surface area contributed by atoms with E-state index in [1.165, 1.54) is 77.6 Å². The van der Waals surface area contributed by atoms with Crippen LogP contribution < -0.4 is 0 Å². The van der Waals surface area contributed by atoms with Gasteiger partial charge >= 0.3 is 0 Å². The second-order valence-electron chi connectivity index (χ2n) is 16.5. The molecule has 0 aromatic heterocycles. The van der Waals surface area contributed by atoms with E-state index in [1.54, 1.807) is 0 Å². The Balaban J connectivity index is 0.878. The van der Waals surface area contributed by atoms with Gasteiger partial charge in [-0.3, -0.25) is 0 Å². The Morgan fingerprint density at radius 3 is 0.924 bits per heavy atom. The Labute approximate surface area is 389 Å². The summed E-state index contributed by atoms with van der Waals surface area (Å²) in [6, 6.07) is 91.0. The monoisotopic (exact) mass is 840 g/mol. The molecule has 0 saturated carbocycles. The predicted molar refractivity (Wildman–Crippen MR) is 285 cm³/mol. The van der Waals surface area contributed by atoms with Crippen molar-refractivity contribution in [3.8, 4) is 22.3 Å². The van der Waals surface area contributed by atoms with Crippen LogP contribution in [0.2, 0.25) is 0 Å². The molecule has 0 saturated heterocycles. The van der Waals surface area contributed by atoms with Gasteiger partial charge in [-0.25, -0.2) is 0 Å². The third-order valence-electron chi connectivity index (χ3n) is 12.2. The normalized spacial score (nSPS) is 12.0. The SMILES string of the molecule is C(=C/c1cccc2cccc(/C=C\c3ccc(/C=C(/c4ccccc4)c4ccc(-c5ccccc5)cc4)cc3)c12)/c1ccc(/C=C(/c2ccccc2)c2ccc(-c3ccccc3)cc2)cc1. The number of benzene rings is 10. The van der Waals surface area contributed by atoms with E-state index in [-0.39, 0.29) is 0 Å². The fourth-order valence-electron chi connectivity index (χ4n) is 8.64. The molecule has 0 unspecified atom stereocenters. The largest absolute Gasteiger partial charge is 0.0622 e. The summed E-state index contributed by atoms with van der Waals surface area (Å²) in [5.41, 5.74) is 19.0. The van der Waals surface area contributed by atoms with Crippen LogP contribution in [0.1, 0.15) is 55.6 Å². The van der Waals surface area contributed by atoms with Crippen molar-refractivity contribution in [2.45, 2.75) is 0 Å². The molecule has 66 heavy (non-hydrogen) atoms. The highest BCUT2D eigenvalue weighted by Gasteiger charge is 2.09. The minimum absolute atomic E-state index is 1.15. The van der Waals surface area contributed by atoms with E-state index in [4.69, 9.17) is 0 Å². The highest BCUT2D eigenvalue weighted by atomic mass is 14.1. The molecular weight excluding hydrogens is 793 g/mol. The molecule has 10 rings (SSSR count). The molecule has 0 atom stereocenters. The molecule has 0 radical (unpaired) electrons. The van der Waals surface area contributed by atoms with Crippen LogP contribution in [0.25, 0.3) is 80.6 Å². The van der Waals surface area contributed by atoms with Gasteiger partial charge in [0.15, 0.2) is 0 Å². The number of rotatable bonds is 12. The maximum atomic E-state index is 2.29. The van der Waals surface area contributed by atoms with Crippen LogP contribution in [-0.2, 0) is 0 Å². The first kappa shape index (κ1) is 41.4. The number of hydrogen-bond donors (Lipinski definition) is 0. The smallest absolute Gasteiger partial charge is 0.00389 e. The third-order valence-corrected chi connectivity index (χ3v) is 12.2. The van der Waals surface area contributed by atoms with E-state index in [1.807, 2.05) is 0 Å². The van der Waals surface area contributed by atoms with E-state index < -0.39 is 0 Å². The van der Waals surface area contributed by atoms with Crippen molar-refractivity contribution >= 4 is 58.4 Å². The summed E-state index contributed by atoms with van der Waals surface area (Å²) in [5.74, 6) is 0. The summed E-state index contributed by atoms with van der Waals surface area (Å²) in [6.07, 6.45) is 13.5. The zero-order valence-electron chi connectivity index (χ0n) is 36.7. The second kappa shape index (κ2) is 19.9. The Hall–Kier alpha value is -8.58. The summed E-state index contributed by atoms with van der Waals surface area (Å²) in [4.78, 5) is 0. The van der Waals surface area contributed by atoms with Crippen molar-refractivity contribution in [3.05, 3.63) is 310 Å². The van der Waals surface area contributed by atoms with Gasteiger partial charge in [-0.2, -0.15) is 0 Å². The van der Waals surface area contributed by atoms with Crippen molar-refractivity contribution < 1.29 is 0 Å². The maximum absolute atomic E-state index is 2.29. The van der Waals surface area contributed by atoms with Crippen LogP contribution in [-0.4, -0.2) is 0 Å². The van der Waals surface area contributed by atoms with Gasteiger partial charge in [0, 0.05) is 0 Å². The van der Waals surface area contributed by atoms with Gasteiger partial charge in [-0.15, -0.1) is 0 Å². The summed E-state index contributed by atoms with van der Waals surface area (Å²) >= 11 is 0. The second-order valence-corrected chi connectivity index (χ2v) is 16.5. The topological polar surface area (TPSA) is 0 Å². The van der Waals surface area contributed by atoms with Gasteiger partial charge < -0.3 is 0 Å². The average Bonchev–Trinajstić information content (AvgIpc) is 3.40. The molecule has 0 bridgehead atoms. The third kappa shape index (κ3) is 9.80. The lowest BCUT2D eigenvalue weighted by atomic mass is 9.93. The first-order chi connectivity index (χ1) is 32.7. The first-order valence-electron chi connectivity index (χ1n) is 22.6. The Bertz CT molecular complexity index is 3070. The molecule has 0 nitrogen and oxygen atoms in total. The fraction of sp³-hybridized carbons (Fsp3) is 0.